The first-order valence-corrected chi connectivity index (χ1v) is 11.1. The third-order valence-electron chi connectivity index (χ3n) is 4.69. The smallest absolute Gasteiger partial charge is 0.174 e. The van der Waals surface area contributed by atoms with Crippen LogP contribution in [-0.2, 0) is 12.1 Å². The first-order chi connectivity index (χ1) is 14.8. The van der Waals surface area contributed by atoms with Gasteiger partial charge in [0.15, 0.2) is 10.2 Å². The van der Waals surface area contributed by atoms with E-state index in [0.717, 1.165) is 17.6 Å². The quantitative estimate of drug-likeness (QED) is 0.384. The van der Waals surface area contributed by atoms with Crippen LogP contribution in [0.2, 0.25) is 5.02 Å². The van der Waals surface area contributed by atoms with Crippen molar-refractivity contribution < 1.29 is 13.9 Å². The highest BCUT2D eigenvalue weighted by molar-refractivity contribution is 8.01. The van der Waals surface area contributed by atoms with Crippen LogP contribution in [0.3, 0.4) is 0 Å². The Morgan fingerprint density at radius 2 is 1.90 bits per heavy atom. The zero-order valence-corrected chi connectivity index (χ0v) is 18.5. The first-order valence-electron chi connectivity index (χ1n) is 9.11. The van der Waals surface area contributed by atoms with Gasteiger partial charge in [0.05, 0.1) is 6.54 Å². The van der Waals surface area contributed by atoms with E-state index in [9.17, 15) is 13.9 Å². The molecule has 2 aromatic heterocycles. The molecule has 2 atom stereocenters. The number of thioether (sulfide) groups is 1. The number of aromatic nitrogens is 5. The summed E-state index contributed by atoms with van der Waals surface area (Å²) in [4.78, 5) is 8.33. The van der Waals surface area contributed by atoms with Crippen molar-refractivity contribution in [1.82, 2.24) is 24.1 Å². The summed E-state index contributed by atoms with van der Waals surface area (Å²) in [5, 5.41) is 16.0. The zero-order valence-electron chi connectivity index (χ0n) is 16.1. The van der Waals surface area contributed by atoms with Crippen molar-refractivity contribution in [2.45, 2.75) is 28.7 Å². The number of benzene rings is 2. The molecular formula is C20H16ClF2N5OS2. The summed E-state index contributed by atoms with van der Waals surface area (Å²) in [6.45, 7) is 2.02. The van der Waals surface area contributed by atoms with E-state index in [4.69, 9.17) is 11.6 Å². The lowest BCUT2D eigenvalue weighted by atomic mass is 9.90. The predicted molar refractivity (Wildman–Crippen MR) is 116 cm³/mol. The van der Waals surface area contributed by atoms with Gasteiger partial charge >= 0.3 is 0 Å². The molecule has 6 nitrogen and oxygen atoms in total. The number of aliphatic hydroxyl groups is 1. The molecule has 0 saturated carbocycles. The number of nitrogens with zero attached hydrogens (tertiary/aromatic N) is 5. The molecule has 0 saturated heterocycles. The Labute approximate surface area is 190 Å². The Balaban J connectivity index is 1.61. The van der Waals surface area contributed by atoms with Gasteiger partial charge in [0.25, 0.3) is 0 Å². The summed E-state index contributed by atoms with van der Waals surface area (Å²) in [6.07, 6.45) is 2.93. The molecule has 0 bridgehead atoms. The Morgan fingerprint density at radius 3 is 2.55 bits per heavy atom. The van der Waals surface area contributed by atoms with Gasteiger partial charge in [-0.2, -0.15) is 9.47 Å². The summed E-state index contributed by atoms with van der Waals surface area (Å²) in [5.74, 6) is -1.17. The van der Waals surface area contributed by atoms with Crippen LogP contribution in [0.15, 0.2) is 59.5 Å². The van der Waals surface area contributed by atoms with Crippen molar-refractivity contribution in [2.24, 2.45) is 0 Å². The molecule has 4 rings (SSSR count). The fourth-order valence-electron chi connectivity index (χ4n) is 3.06. The van der Waals surface area contributed by atoms with Crippen molar-refractivity contribution in [3.63, 3.8) is 0 Å². The van der Waals surface area contributed by atoms with Gasteiger partial charge in [-0.25, -0.2) is 23.4 Å². The highest BCUT2D eigenvalue weighted by Crippen LogP contribution is 2.39. The average Bonchev–Trinajstić information content (AvgIpc) is 3.39. The molecule has 2 aromatic carbocycles. The van der Waals surface area contributed by atoms with Gasteiger partial charge in [-0.3, -0.25) is 0 Å². The van der Waals surface area contributed by atoms with E-state index in [1.165, 1.54) is 36.5 Å². The molecule has 4 aromatic rings. The van der Waals surface area contributed by atoms with E-state index in [1.54, 1.807) is 28.9 Å². The SMILES string of the molecule is CC(Sc1nc(-c2cc(F)cc(F)c2)ns1)C(O)(Cn1cncn1)c1ccc(Cl)cc1. The molecular weight excluding hydrogens is 464 g/mol. The lowest BCUT2D eigenvalue weighted by Gasteiger charge is -2.33. The van der Waals surface area contributed by atoms with Crippen LogP contribution in [-0.4, -0.2) is 34.5 Å². The molecule has 2 unspecified atom stereocenters. The molecule has 0 radical (unpaired) electrons. The molecule has 0 aliphatic rings. The average molecular weight is 480 g/mol. The topological polar surface area (TPSA) is 76.7 Å². The molecule has 0 aliphatic carbocycles. The van der Waals surface area contributed by atoms with Crippen LogP contribution in [0.5, 0.6) is 0 Å². The van der Waals surface area contributed by atoms with E-state index in [2.05, 4.69) is 19.4 Å². The number of hydrogen-bond acceptors (Lipinski definition) is 7. The highest BCUT2D eigenvalue weighted by atomic mass is 35.5. The monoisotopic (exact) mass is 479 g/mol. The molecule has 0 fully saturated rings. The van der Waals surface area contributed by atoms with Gasteiger partial charge in [0.1, 0.15) is 29.9 Å². The van der Waals surface area contributed by atoms with Crippen LogP contribution in [0, 0.1) is 11.6 Å². The minimum atomic E-state index is -1.33. The van der Waals surface area contributed by atoms with Crippen molar-refractivity contribution in [3.05, 3.63) is 77.3 Å². The fraction of sp³-hybridized carbons (Fsp3) is 0.200. The van der Waals surface area contributed by atoms with Crippen LogP contribution in [0.4, 0.5) is 8.78 Å². The normalized spacial score (nSPS) is 14.4. The zero-order chi connectivity index (χ0) is 22.0. The molecule has 11 heteroatoms. The second-order valence-electron chi connectivity index (χ2n) is 6.83. The molecule has 2 heterocycles. The number of halogens is 3. The van der Waals surface area contributed by atoms with E-state index in [1.807, 2.05) is 6.92 Å². The summed E-state index contributed by atoms with van der Waals surface area (Å²) >= 11 is 8.42. The second kappa shape index (κ2) is 8.99. The Kier molecular flexibility index (Phi) is 6.33. The molecule has 0 amide bonds. The number of rotatable bonds is 7. The van der Waals surface area contributed by atoms with Gasteiger partial charge in [0.2, 0.25) is 0 Å². The lowest BCUT2D eigenvalue weighted by Crippen LogP contribution is -2.40. The van der Waals surface area contributed by atoms with Gasteiger partial charge in [-0.05, 0) is 48.3 Å². The van der Waals surface area contributed by atoms with E-state index in [-0.39, 0.29) is 23.2 Å². The van der Waals surface area contributed by atoms with E-state index < -0.39 is 17.2 Å². The van der Waals surface area contributed by atoms with Crippen LogP contribution >= 0.6 is 34.9 Å². The van der Waals surface area contributed by atoms with Gasteiger partial charge < -0.3 is 5.11 Å². The molecule has 160 valence electrons. The molecule has 0 aliphatic heterocycles. The van der Waals surface area contributed by atoms with E-state index in [0.29, 0.717) is 14.9 Å². The minimum Gasteiger partial charge on any atom is -0.382 e. The Morgan fingerprint density at radius 1 is 1.19 bits per heavy atom. The summed E-state index contributed by atoms with van der Waals surface area (Å²) < 4.78 is 33.4. The third kappa shape index (κ3) is 4.93. The maximum absolute atomic E-state index is 13.5. The molecule has 1 N–H and O–H groups in total. The largest absolute Gasteiger partial charge is 0.382 e. The standard InChI is InChI=1S/C20H16ClF2N5OS2/c1-12(30-19-26-18(27-31-19)13-6-16(22)8-17(23)7-13)20(29,9-28-11-24-10-25-28)14-2-4-15(21)5-3-14/h2-8,10-12,29H,9H2,1H3. The minimum absolute atomic E-state index is 0.156. The van der Waals surface area contributed by atoms with Gasteiger partial charge in [-0.1, -0.05) is 35.5 Å². The van der Waals surface area contributed by atoms with Crippen LogP contribution < -0.4 is 0 Å². The summed E-state index contributed by atoms with van der Waals surface area (Å²) in [5.41, 5.74) is -0.423. The first kappa shape index (κ1) is 21.8. The van der Waals surface area contributed by atoms with Crippen molar-refractivity contribution in [3.8, 4) is 11.4 Å². The summed E-state index contributed by atoms with van der Waals surface area (Å²) in [7, 11) is 0. The number of hydrogen-bond donors (Lipinski definition) is 1. The van der Waals surface area contributed by atoms with Crippen molar-refractivity contribution >= 4 is 34.9 Å². The maximum atomic E-state index is 13.5. The van der Waals surface area contributed by atoms with Crippen molar-refractivity contribution in [1.29, 1.82) is 0 Å². The lowest BCUT2D eigenvalue weighted by molar-refractivity contribution is 0.0167. The second-order valence-corrected chi connectivity index (χ2v) is 9.60. The summed E-state index contributed by atoms with van der Waals surface area (Å²) in [6, 6.07) is 10.1. The fourth-order valence-corrected chi connectivity index (χ4v) is 5.19. The predicted octanol–water partition coefficient (Wildman–Crippen LogP) is 4.80. The van der Waals surface area contributed by atoms with Crippen LogP contribution in [0.1, 0.15) is 12.5 Å². The highest BCUT2D eigenvalue weighted by Gasteiger charge is 2.38. The Bertz CT molecular complexity index is 1150. The maximum Gasteiger partial charge on any atom is 0.174 e. The van der Waals surface area contributed by atoms with Gasteiger partial charge in [0, 0.05) is 21.9 Å². The van der Waals surface area contributed by atoms with E-state index >= 15 is 0 Å². The van der Waals surface area contributed by atoms with Crippen LogP contribution in [0.25, 0.3) is 11.4 Å². The van der Waals surface area contributed by atoms with Crippen molar-refractivity contribution in [2.75, 3.05) is 0 Å². The van der Waals surface area contributed by atoms with Gasteiger partial charge in [-0.15, -0.1) is 0 Å². The third-order valence-corrected chi connectivity index (χ3v) is 7.00. The molecule has 0 spiro atoms. The molecule has 31 heavy (non-hydrogen) atoms. The Hall–Kier alpha value is -2.40.